The van der Waals surface area contributed by atoms with Crippen LogP contribution < -0.4 is 33.2 Å². The summed E-state index contributed by atoms with van der Waals surface area (Å²) in [6.07, 6.45) is 3.05. The van der Waals surface area contributed by atoms with Gasteiger partial charge in [0.1, 0.15) is 18.1 Å². The number of thioether (sulfide) groups is 1. The summed E-state index contributed by atoms with van der Waals surface area (Å²) in [6, 6.07) is -4.45. The predicted molar refractivity (Wildman–Crippen MR) is 117 cm³/mol. The number of aliphatic carboxylic acids is 1. The zero-order valence-corrected chi connectivity index (χ0v) is 18.7. The normalized spacial score (nSPS) is 14.6. The first-order valence-electron chi connectivity index (χ1n) is 9.90. The Hall–Kier alpha value is -2.38. The Morgan fingerprint density at radius 2 is 1.55 bits per heavy atom. The van der Waals surface area contributed by atoms with E-state index in [1.165, 1.54) is 18.7 Å². The molecule has 31 heavy (non-hydrogen) atoms. The minimum Gasteiger partial charge on any atom is -0.480 e. The van der Waals surface area contributed by atoms with Gasteiger partial charge in [0, 0.05) is 0 Å². The van der Waals surface area contributed by atoms with E-state index in [1.807, 2.05) is 6.26 Å². The first-order valence-corrected chi connectivity index (χ1v) is 11.3. The molecule has 0 aliphatic rings. The maximum atomic E-state index is 12.5. The van der Waals surface area contributed by atoms with Gasteiger partial charge in [-0.15, -0.1) is 0 Å². The van der Waals surface area contributed by atoms with Crippen LogP contribution in [0.2, 0.25) is 0 Å². The zero-order chi connectivity index (χ0) is 24.0. The van der Waals surface area contributed by atoms with Crippen LogP contribution >= 0.6 is 11.8 Å². The molecular formula is C18H34N6O6S. The van der Waals surface area contributed by atoms with Crippen LogP contribution in [0.5, 0.6) is 0 Å². The highest BCUT2D eigenvalue weighted by Gasteiger charge is 2.29. The number of carboxylic acids is 1. The van der Waals surface area contributed by atoms with Crippen LogP contribution in [-0.2, 0) is 24.0 Å². The molecule has 0 radical (unpaired) electrons. The topological polar surface area (TPSA) is 220 Å². The van der Waals surface area contributed by atoms with Gasteiger partial charge in [-0.25, -0.2) is 4.79 Å². The SMILES string of the molecule is CSCCC(N)C(=O)NC(CC(N)=O)C(=O)NC(C)C(=O)NC(CCCCN)C(=O)O. The van der Waals surface area contributed by atoms with Gasteiger partial charge in [0.2, 0.25) is 23.6 Å². The lowest BCUT2D eigenvalue weighted by molar-refractivity contribution is -0.142. The van der Waals surface area contributed by atoms with E-state index in [-0.39, 0.29) is 6.42 Å². The number of rotatable bonds is 16. The number of unbranched alkanes of at least 4 members (excludes halogenated alkanes) is 1. The summed E-state index contributed by atoms with van der Waals surface area (Å²) >= 11 is 1.50. The van der Waals surface area contributed by atoms with Crippen molar-refractivity contribution < 1.29 is 29.1 Å². The highest BCUT2D eigenvalue weighted by Crippen LogP contribution is 2.03. The van der Waals surface area contributed by atoms with E-state index < -0.39 is 60.2 Å². The lowest BCUT2D eigenvalue weighted by atomic mass is 10.1. The van der Waals surface area contributed by atoms with Gasteiger partial charge in [0.05, 0.1) is 12.5 Å². The van der Waals surface area contributed by atoms with E-state index in [0.717, 1.165) is 0 Å². The molecule has 4 atom stereocenters. The van der Waals surface area contributed by atoms with Gasteiger partial charge >= 0.3 is 5.97 Å². The number of nitrogens with two attached hydrogens (primary N) is 3. The second-order valence-electron chi connectivity index (χ2n) is 7.03. The number of carboxylic acid groups (broad SMARTS) is 1. The molecule has 0 rings (SSSR count). The molecule has 0 aromatic heterocycles. The molecule has 0 aromatic carbocycles. The summed E-state index contributed by atoms with van der Waals surface area (Å²) in [4.78, 5) is 59.6. The van der Waals surface area contributed by atoms with Gasteiger partial charge in [-0.2, -0.15) is 11.8 Å². The minimum absolute atomic E-state index is 0.188. The van der Waals surface area contributed by atoms with Gasteiger partial charge in [-0.1, -0.05) is 0 Å². The molecule has 13 heteroatoms. The average Bonchev–Trinajstić information content (AvgIpc) is 2.69. The maximum absolute atomic E-state index is 12.5. The van der Waals surface area contributed by atoms with E-state index in [4.69, 9.17) is 17.2 Å². The van der Waals surface area contributed by atoms with E-state index in [9.17, 15) is 29.1 Å². The van der Waals surface area contributed by atoms with Gasteiger partial charge in [0.25, 0.3) is 0 Å². The fraction of sp³-hybridized carbons (Fsp3) is 0.722. The monoisotopic (exact) mass is 462 g/mol. The van der Waals surface area contributed by atoms with Crippen LogP contribution in [0, 0.1) is 0 Å². The van der Waals surface area contributed by atoms with E-state index in [2.05, 4.69) is 16.0 Å². The highest BCUT2D eigenvalue weighted by atomic mass is 32.2. The summed E-state index contributed by atoms with van der Waals surface area (Å²) in [7, 11) is 0. The van der Waals surface area contributed by atoms with E-state index in [1.54, 1.807) is 0 Å². The van der Waals surface area contributed by atoms with Gasteiger partial charge in [0.15, 0.2) is 0 Å². The number of carbonyl (C=O) groups excluding carboxylic acids is 4. The average molecular weight is 463 g/mol. The molecule has 0 aromatic rings. The molecule has 0 heterocycles. The predicted octanol–water partition coefficient (Wildman–Crippen LogP) is -2.37. The molecule has 0 spiro atoms. The largest absolute Gasteiger partial charge is 0.480 e. The van der Waals surface area contributed by atoms with Crippen molar-refractivity contribution in [2.75, 3.05) is 18.6 Å². The van der Waals surface area contributed by atoms with Gasteiger partial charge in [-0.05, 0) is 51.2 Å². The molecule has 0 aliphatic carbocycles. The van der Waals surface area contributed by atoms with Crippen LogP contribution in [0.25, 0.3) is 0 Å². The Bertz CT molecular complexity index is 635. The molecule has 4 amide bonds. The Labute approximate surface area is 185 Å². The molecule has 10 N–H and O–H groups in total. The lowest BCUT2D eigenvalue weighted by Crippen LogP contribution is -2.57. The standard InChI is InChI=1S/C18H34N6O6S/c1-10(15(26)23-12(18(29)30)5-3-4-7-19)22-17(28)13(9-14(21)25)24-16(27)11(20)6-8-31-2/h10-13H,3-9,19-20H2,1-2H3,(H2,21,25)(H,22,28)(H,23,26)(H,24,27)(H,29,30). The fourth-order valence-corrected chi connectivity index (χ4v) is 2.98. The number of amides is 4. The summed E-state index contributed by atoms with van der Waals surface area (Å²) < 4.78 is 0. The van der Waals surface area contributed by atoms with Crippen molar-refractivity contribution in [3.05, 3.63) is 0 Å². The van der Waals surface area contributed by atoms with Crippen LogP contribution in [0.15, 0.2) is 0 Å². The molecule has 0 aliphatic heterocycles. The van der Waals surface area contributed by atoms with Crippen molar-refractivity contribution in [1.29, 1.82) is 0 Å². The number of nitrogens with one attached hydrogen (secondary N) is 3. The molecule has 4 unspecified atom stereocenters. The molecule has 0 bridgehead atoms. The molecule has 0 saturated heterocycles. The van der Waals surface area contributed by atoms with Crippen LogP contribution in [0.4, 0.5) is 0 Å². The molecular weight excluding hydrogens is 428 g/mol. The first kappa shape index (κ1) is 28.6. The summed E-state index contributed by atoms with van der Waals surface area (Å²) in [6.45, 7) is 1.75. The smallest absolute Gasteiger partial charge is 0.326 e. The van der Waals surface area contributed by atoms with Crippen LogP contribution in [0.3, 0.4) is 0 Å². The van der Waals surface area contributed by atoms with Crippen molar-refractivity contribution in [3.63, 3.8) is 0 Å². The van der Waals surface area contributed by atoms with Gasteiger partial charge < -0.3 is 38.3 Å². The van der Waals surface area contributed by atoms with Crippen molar-refractivity contribution in [3.8, 4) is 0 Å². The lowest BCUT2D eigenvalue weighted by Gasteiger charge is -2.23. The number of carbonyl (C=O) groups is 5. The minimum atomic E-state index is -1.32. The van der Waals surface area contributed by atoms with E-state index in [0.29, 0.717) is 31.6 Å². The second-order valence-corrected chi connectivity index (χ2v) is 8.02. The molecule has 0 fully saturated rings. The van der Waals surface area contributed by atoms with Crippen molar-refractivity contribution >= 4 is 41.4 Å². The van der Waals surface area contributed by atoms with Crippen LogP contribution in [0.1, 0.15) is 39.0 Å². The summed E-state index contributed by atoms with van der Waals surface area (Å²) in [5.41, 5.74) is 16.3. The Morgan fingerprint density at radius 3 is 2.06 bits per heavy atom. The van der Waals surface area contributed by atoms with Crippen molar-refractivity contribution in [1.82, 2.24) is 16.0 Å². The quantitative estimate of drug-likeness (QED) is 0.122. The Balaban J connectivity index is 4.98. The van der Waals surface area contributed by atoms with Crippen molar-refractivity contribution in [2.45, 2.75) is 63.2 Å². The third-order valence-corrected chi connectivity index (χ3v) is 4.97. The molecule has 0 saturated carbocycles. The van der Waals surface area contributed by atoms with Gasteiger partial charge in [-0.3, -0.25) is 19.2 Å². The van der Waals surface area contributed by atoms with Crippen LogP contribution in [-0.4, -0.2) is 77.4 Å². The number of primary amides is 1. The Kier molecular flexibility index (Phi) is 14.2. The summed E-state index contributed by atoms with van der Waals surface area (Å²) in [5, 5.41) is 16.3. The number of hydrogen-bond acceptors (Lipinski definition) is 8. The maximum Gasteiger partial charge on any atom is 0.326 e. The third kappa shape index (κ3) is 12.2. The third-order valence-electron chi connectivity index (χ3n) is 4.32. The number of hydrogen-bond donors (Lipinski definition) is 7. The zero-order valence-electron chi connectivity index (χ0n) is 17.9. The highest BCUT2D eigenvalue weighted by molar-refractivity contribution is 7.98. The summed E-state index contributed by atoms with van der Waals surface area (Å²) in [5.74, 6) is -3.58. The first-order chi connectivity index (χ1) is 14.5. The second kappa shape index (κ2) is 15.4. The van der Waals surface area contributed by atoms with E-state index >= 15 is 0 Å². The Morgan fingerprint density at radius 1 is 0.935 bits per heavy atom. The molecule has 12 nitrogen and oxygen atoms in total. The van der Waals surface area contributed by atoms with Crippen molar-refractivity contribution in [2.24, 2.45) is 17.2 Å². The fourth-order valence-electron chi connectivity index (χ4n) is 2.49. The molecule has 178 valence electrons.